The van der Waals surface area contributed by atoms with E-state index in [0.717, 1.165) is 48.8 Å². The van der Waals surface area contributed by atoms with Gasteiger partial charge in [0.1, 0.15) is 12.4 Å². The van der Waals surface area contributed by atoms with E-state index in [1.54, 1.807) is 4.57 Å². The van der Waals surface area contributed by atoms with Gasteiger partial charge in [-0.05, 0) is 78.5 Å². The molecule has 0 radical (unpaired) electrons. The van der Waals surface area contributed by atoms with Crippen LogP contribution in [0.15, 0.2) is 46.3 Å². The zero-order chi connectivity index (χ0) is 28.6. The van der Waals surface area contributed by atoms with E-state index in [2.05, 4.69) is 46.8 Å². The van der Waals surface area contributed by atoms with Crippen molar-refractivity contribution in [3.8, 4) is 17.2 Å². The zero-order valence-electron chi connectivity index (χ0n) is 25.7. The second kappa shape index (κ2) is 17.8. The maximum absolute atomic E-state index is 13.8. The number of benzene rings is 1. The van der Waals surface area contributed by atoms with Gasteiger partial charge in [0, 0.05) is 17.5 Å². The van der Waals surface area contributed by atoms with Gasteiger partial charge in [0.2, 0.25) is 5.75 Å². The van der Waals surface area contributed by atoms with Crippen molar-refractivity contribution in [2.45, 2.75) is 119 Å². The van der Waals surface area contributed by atoms with Crippen LogP contribution in [0.1, 0.15) is 119 Å². The van der Waals surface area contributed by atoms with Crippen LogP contribution >= 0.6 is 0 Å². The van der Waals surface area contributed by atoms with Crippen LogP contribution in [0.25, 0.3) is 10.9 Å². The van der Waals surface area contributed by atoms with Gasteiger partial charge in [-0.1, -0.05) is 69.6 Å². The molecule has 0 fully saturated rings. The zero-order valence-corrected chi connectivity index (χ0v) is 25.7. The molecule has 5 heteroatoms. The predicted molar refractivity (Wildman–Crippen MR) is 166 cm³/mol. The largest absolute Gasteiger partial charge is 0.494 e. The first-order valence-electron chi connectivity index (χ1n) is 15.2. The third-order valence-corrected chi connectivity index (χ3v) is 6.87. The van der Waals surface area contributed by atoms with Gasteiger partial charge in [-0.15, -0.1) is 0 Å². The van der Waals surface area contributed by atoms with Crippen LogP contribution in [0.2, 0.25) is 0 Å². The first kappa shape index (κ1) is 32.5. The van der Waals surface area contributed by atoms with E-state index in [4.69, 9.17) is 14.2 Å². The molecule has 1 aromatic carbocycles. The van der Waals surface area contributed by atoms with Gasteiger partial charge < -0.3 is 18.8 Å². The highest BCUT2D eigenvalue weighted by Gasteiger charge is 2.21. The summed E-state index contributed by atoms with van der Waals surface area (Å²) in [5, 5.41) is 0.880. The van der Waals surface area contributed by atoms with Crippen LogP contribution in [0.5, 0.6) is 17.2 Å². The van der Waals surface area contributed by atoms with Crippen LogP contribution in [-0.2, 0) is 0 Å². The molecule has 0 saturated carbocycles. The molecule has 39 heavy (non-hydrogen) atoms. The Balaban J connectivity index is 2.33. The normalized spacial score (nSPS) is 11.7. The molecule has 0 aliphatic heterocycles. The molecule has 0 aliphatic rings. The Morgan fingerprint density at radius 2 is 1.54 bits per heavy atom. The van der Waals surface area contributed by atoms with Crippen molar-refractivity contribution in [1.29, 1.82) is 0 Å². The number of allylic oxidation sites excluding steroid dienone is 3. The Bertz CT molecular complexity index is 1120. The van der Waals surface area contributed by atoms with Gasteiger partial charge >= 0.3 is 0 Å². The molecule has 5 nitrogen and oxygen atoms in total. The fourth-order valence-corrected chi connectivity index (χ4v) is 4.56. The summed E-state index contributed by atoms with van der Waals surface area (Å²) < 4.78 is 20.3. The van der Waals surface area contributed by atoms with Gasteiger partial charge in [0.15, 0.2) is 5.75 Å². The van der Waals surface area contributed by atoms with Gasteiger partial charge in [0.25, 0.3) is 5.56 Å². The Morgan fingerprint density at radius 1 is 0.846 bits per heavy atom. The average molecular weight is 540 g/mol. The van der Waals surface area contributed by atoms with E-state index in [9.17, 15) is 4.79 Å². The number of ether oxygens (including phenoxy) is 3. The van der Waals surface area contributed by atoms with E-state index in [-0.39, 0.29) is 11.6 Å². The predicted octanol–water partition coefficient (Wildman–Crippen LogP) is 9.57. The standard InChI is InChI=1S/C34H53NO4/c1-8-10-12-13-14-15-23-37-29-19-20-30-31(25-29)35(27(5)6)34(36)33(32(30)38-22-11-9-2)39-24-21-28(7)18-16-17-26(3)4/h17,19-21,25,27H,8-16,18,22-24H2,1-7H3/b28-21+. The molecule has 1 heterocycles. The van der Waals surface area contributed by atoms with E-state index in [1.165, 1.54) is 43.3 Å². The molecule has 2 aromatic rings. The number of fused-ring (bicyclic) bond motifs is 1. The summed E-state index contributed by atoms with van der Waals surface area (Å²) in [7, 11) is 0. The minimum Gasteiger partial charge on any atom is -0.494 e. The van der Waals surface area contributed by atoms with Crippen molar-refractivity contribution in [3.05, 3.63) is 51.9 Å². The number of hydrogen-bond donors (Lipinski definition) is 0. The Labute approximate surface area is 237 Å². The molecular formula is C34H53NO4. The van der Waals surface area contributed by atoms with Crippen LogP contribution in [0.4, 0.5) is 0 Å². The minimum absolute atomic E-state index is 0.0396. The van der Waals surface area contributed by atoms with Crippen LogP contribution in [0, 0.1) is 0 Å². The monoisotopic (exact) mass is 539 g/mol. The van der Waals surface area contributed by atoms with Crippen LogP contribution in [-0.4, -0.2) is 24.4 Å². The summed E-state index contributed by atoms with van der Waals surface area (Å²) >= 11 is 0. The van der Waals surface area contributed by atoms with Crippen molar-refractivity contribution in [2.75, 3.05) is 19.8 Å². The number of nitrogens with zero attached hydrogens (tertiary/aromatic N) is 1. The fraction of sp³-hybridized carbons (Fsp3) is 0.618. The molecule has 0 unspecified atom stereocenters. The summed E-state index contributed by atoms with van der Waals surface area (Å²) in [6, 6.07) is 5.94. The van der Waals surface area contributed by atoms with Crippen molar-refractivity contribution < 1.29 is 14.2 Å². The maximum atomic E-state index is 13.8. The molecule has 218 valence electrons. The van der Waals surface area contributed by atoms with Crippen molar-refractivity contribution in [1.82, 2.24) is 4.57 Å². The molecule has 0 spiro atoms. The highest BCUT2D eigenvalue weighted by atomic mass is 16.5. The summed E-state index contributed by atoms with van der Waals surface area (Å²) in [5.74, 6) is 1.62. The second-order valence-corrected chi connectivity index (χ2v) is 11.1. The smallest absolute Gasteiger partial charge is 0.297 e. The third kappa shape index (κ3) is 10.8. The molecule has 1 aromatic heterocycles. The van der Waals surface area contributed by atoms with Crippen molar-refractivity contribution >= 4 is 10.9 Å². The van der Waals surface area contributed by atoms with Crippen LogP contribution in [0.3, 0.4) is 0 Å². The maximum Gasteiger partial charge on any atom is 0.297 e. The SMILES string of the molecule is CCCCCCCCOc1ccc2c(OCCCC)c(OC/C=C(\C)CCC=C(C)C)c(=O)n(C(C)C)c2c1. The van der Waals surface area contributed by atoms with E-state index >= 15 is 0 Å². The number of aromatic nitrogens is 1. The Morgan fingerprint density at radius 3 is 2.23 bits per heavy atom. The van der Waals surface area contributed by atoms with E-state index in [1.807, 2.05) is 32.0 Å². The van der Waals surface area contributed by atoms with Crippen LogP contribution < -0.4 is 19.8 Å². The molecular weight excluding hydrogens is 486 g/mol. The first-order valence-corrected chi connectivity index (χ1v) is 15.2. The molecule has 0 N–H and O–H groups in total. The summed E-state index contributed by atoms with van der Waals surface area (Å²) in [6.45, 7) is 16.3. The molecule has 0 aliphatic carbocycles. The number of hydrogen-bond acceptors (Lipinski definition) is 4. The van der Waals surface area contributed by atoms with Crippen molar-refractivity contribution in [2.24, 2.45) is 0 Å². The quantitative estimate of drug-likeness (QED) is 0.132. The topological polar surface area (TPSA) is 49.7 Å². The molecule has 2 rings (SSSR count). The Kier molecular flexibility index (Phi) is 14.9. The lowest BCUT2D eigenvalue weighted by Gasteiger charge is -2.21. The lowest BCUT2D eigenvalue weighted by molar-refractivity contribution is 0.277. The lowest BCUT2D eigenvalue weighted by Crippen LogP contribution is -2.25. The minimum atomic E-state index is -0.160. The van der Waals surface area contributed by atoms with Gasteiger partial charge in [-0.25, -0.2) is 0 Å². The fourth-order valence-electron chi connectivity index (χ4n) is 4.56. The van der Waals surface area contributed by atoms with Gasteiger partial charge in [-0.2, -0.15) is 0 Å². The highest BCUT2D eigenvalue weighted by molar-refractivity contribution is 5.89. The lowest BCUT2D eigenvalue weighted by atomic mass is 10.1. The molecule has 0 amide bonds. The summed E-state index contributed by atoms with van der Waals surface area (Å²) in [4.78, 5) is 13.8. The average Bonchev–Trinajstić information content (AvgIpc) is 2.89. The van der Waals surface area contributed by atoms with Gasteiger partial charge in [0.05, 0.1) is 18.7 Å². The number of rotatable bonds is 19. The van der Waals surface area contributed by atoms with Crippen molar-refractivity contribution in [3.63, 3.8) is 0 Å². The second-order valence-electron chi connectivity index (χ2n) is 11.1. The molecule has 0 bridgehead atoms. The Hall–Kier alpha value is -2.69. The number of pyridine rings is 1. The van der Waals surface area contributed by atoms with E-state index < -0.39 is 0 Å². The van der Waals surface area contributed by atoms with Gasteiger partial charge in [-0.3, -0.25) is 4.79 Å². The molecule has 0 atom stereocenters. The highest BCUT2D eigenvalue weighted by Crippen LogP contribution is 2.36. The third-order valence-electron chi connectivity index (χ3n) is 6.87. The first-order chi connectivity index (χ1) is 18.8. The molecule has 0 saturated heterocycles. The number of unbranched alkanes of at least 4 members (excludes halogenated alkanes) is 6. The summed E-state index contributed by atoms with van der Waals surface area (Å²) in [6.07, 6.45) is 15.6. The summed E-state index contributed by atoms with van der Waals surface area (Å²) in [5.41, 5.74) is 3.24. The van der Waals surface area contributed by atoms with E-state index in [0.29, 0.717) is 31.3 Å².